The molecule has 0 saturated heterocycles. The molecule has 6 nitrogen and oxygen atoms in total. The van der Waals surface area contributed by atoms with Crippen molar-refractivity contribution in [2.45, 2.75) is 45.7 Å². The minimum Gasteiger partial charge on any atom is -0.493 e. The number of rotatable bonds is 5. The Morgan fingerprint density at radius 1 is 1.17 bits per heavy atom. The van der Waals surface area contributed by atoms with Gasteiger partial charge in [-0.15, -0.1) is 0 Å². The third-order valence-electron chi connectivity index (χ3n) is 6.19. The fraction of sp³-hybridized carbons (Fsp3) is 0.375. The molecule has 156 valence electrons. The number of hydrogen-bond acceptors (Lipinski definition) is 5. The zero-order valence-corrected chi connectivity index (χ0v) is 17.7. The van der Waals surface area contributed by atoms with Crippen molar-refractivity contribution in [1.82, 2.24) is 15.1 Å². The van der Waals surface area contributed by atoms with Gasteiger partial charge in [0.1, 0.15) is 0 Å². The van der Waals surface area contributed by atoms with Crippen molar-refractivity contribution in [3.8, 4) is 22.9 Å². The Morgan fingerprint density at radius 3 is 2.90 bits per heavy atom. The van der Waals surface area contributed by atoms with Crippen LogP contribution in [0, 0.1) is 13.8 Å². The molecular weight excluding hydrogens is 378 g/mol. The molecule has 0 amide bonds. The molecule has 3 aromatic rings. The molecule has 1 aliphatic carbocycles. The highest BCUT2D eigenvalue weighted by Crippen LogP contribution is 2.42. The van der Waals surface area contributed by atoms with Gasteiger partial charge >= 0.3 is 0 Å². The highest BCUT2D eigenvalue weighted by atomic mass is 16.7. The largest absolute Gasteiger partial charge is 0.493 e. The number of aromatic nitrogens is 2. The number of fused-ring (bicyclic) bond motifs is 2. The maximum atomic E-state index is 5.56. The number of hydrogen-bond donors (Lipinski definition) is 1. The standard InChI is InChI=1S/C24H27N3O3/c1-15-7-8-18(9-16(15)2)27-21-6-4-5-20(19(21)13-26-27)25-12-17-10-22(28-3)24-23(11-17)29-14-30-24/h7-11,13,20,25H,4-6,12,14H2,1-3H3/t20-/m0/s1. The van der Waals surface area contributed by atoms with Crippen LogP contribution in [-0.2, 0) is 13.0 Å². The lowest BCUT2D eigenvalue weighted by atomic mass is 9.92. The van der Waals surface area contributed by atoms with Crippen molar-refractivity contribution in [1.29, 1.82) is 0 Å². The summed E-state index contributed by atoms with van der Waals surface area (Å²) in [7, 11) is 1.66. The van der Waals surface area contributed by atoms with Crippen molar-refractivity contribution >= 4 is 0 Å². The summed E-state index contributed by atoms with van der Waals surface area (Å²) in [5, 5.41) is 8.46. The van der Waals surface area contributed by atoms with Gasteiger partial charge in [-0.2, -0.15) is 5.10 Å². The summed E-state index contributed by atoms with van der Waals surface area (Å²) in [5.74, 6) is 2.16. The van der Waals surface area contributed by atoms with Gasteiger partial charge in [0.15, 0.2) is 11.5 Å². The van der Waals surface area contributed by atoms with Crippen molar-refractivity contribution in [2.75, 3.05) is 13.9 Å². The molecule has 2 aromatic carbocycles. The molecule has 30 heavy (non-hydrogen) atoms. The van der Waals surface area contributed by atoms with Crippen LogP contribution < -0.4 is 19.5 Å². The summed E-state index contributed by atoms with van der Waals surface area (Å²) in [5.41, 5.74) is 7.46. The van der Waals surface area contributed by atoms with Crippen LogP contribution in [0.5, 0.6) is 17.2 Å². The molecule has 2 heterocycles. The van der Waals surface area contributed by atoms with Crippen LogP contribution in [0.1, 0.15) is 46.8 Å². The van der Waals surface area contributed by atoms with Crippen molar-refractivity contribution in [2.24, 2.45) is 0 Å². The van der Waals surface area contributed by atoms with Gasteiger partial charge in [-0.1, -0.05) is 6.07 Å². The first-order chi connectivity index (χ1) is 14.6. The lowest BCUT2D eigenvalue weighted by Gasteiger charge is -2.24. The molecule has 0 bridgehead atoms. The van der Waals surface area contributed by atoms with E-state index in [2.05, 4.69) is 42.0 Å². The maximum Gasteiger partial charge on any atom is 0.231 e. The number of nitrogens with zero attached hydrogens (tertiary/aromatic N) is 2. The van der Waals surface area contributed by atoms with Gasteiger partial charge in [0, 0.05) is 23.8 Å². The van der Waals surface area contributed by atoms with E-state index < -0.39 is 0 Å². The van der Waals surface area contributed by atoms with Gasteiger partial charge in [-0.05, 0) is 74.1 Å². The van der Waals surface area contributed by atoms with Gasteiger partial charge in [-0.25, -0.2) is 4.68 Å². The summed E-state index contributed by atoms with van der Waals surface area (Å²) in [6.45, 7) is 5.26. The van der Waals surface area contributed by atoms with E-state index in [1.54, 1.807) is 7.11 Å². The number of nitrogens with one attached hydrogen (secondary N) is 1. The molecule has 2 aliphatic rings. The highest BCUT2D eigenvalue weighted by molar-refractivity contribution is 5.55. The molecule has 0 spiro atoms. The first kappa shape index (κ1) is 19.0. The van der Waals surface area contributed by atoms with E-state index in [-0.39, 0.29) is 12.8 Å². The average Bonchev–Trinajstić information content (AvgIpc) is 3.41. The topological polar surface area (TPSA) is 57.5 Å². The van der Waals surface area contributed by atoms with Crippen LogP contribution in [0.25, 0.3) is 5.69 Å². The SMILES string of the molecule is COc1cc(CN[C@H]2CCCc3c2cnn3-c2ccc(C)c(C)c2)cc2c1OCO2. The average molecular weight is 405 g/mol. The Hall–Kier alpha value is -2.99. The van der Waals surface area contributed by atoms with Gasteiger partial charge < -0.3 is 19.5 Å². The van der Waals surface area contributed by atoms with Crippen molar-refractivity contribution in [3.63, 3.8) is 0 Å². The van der Waals surface area contributed by atoms with Crippen LogP contribution in [-0.4, -0.2) is 23.7 Å². The third kappa shape index (κ3) is 3.31. The van der Waals surface area contributed by atoms with Gasteiger partial charge in [0.05, 0.1) is 19.0 Å². The normalized spacial score (nSPS) is 17.1. The van der Waals surface area contributed by atoms with Crippen LogP contribution in [0.4, 0.5) is 0 Å². The molecule has 5 rings (SSSR count). The second kappa shape index (κ2) is 7.69. The zero-order valence-electron chi connectivity index (χ0n) is 17.7. The third-order valence-corrected chi connectivity index (χ3v) is 6.19. The molecular formula is C24H27N3O3. The number of methoxy groups -OCH3 is 1. The summed E-state index contributed by atoms with van der Waals surface area (Å²) < 4.78 is 18.6. The second-order valence-corrected chi connectivity index (χ2v) is 8.08. The first-order valence-corrected chi connectivity index (χ1v) is 10.5. The summed E-state index contributed by atoms with van der Waals surface area (Å²) in [6, 6.07) is 10.9. The van der Waals surface area contributed by atoms with Crippen LogP contribution in [0.3, 0.4) is 0 Å². The fourth-order valence-electron chi connectivity index (χ4n) is 4.38. The van der Waals surface area contributed by atoms with E-state index in [9.17, 15) is 0 Å². The molecule has 1 aliphatic heterocycles. The number of ether oxygens (including phenoxy) is 3. The highest BCUT2D eigenvalue weighted by Gasteiger charge is 2.25. The summed E-state index contributed by atoms with van der Waals surface area (Å²) in [6.07, 6.45) is 5.33. The number of aryl methyl sites for hydroxylation is 2. The van der Waals surface area contributed by atoms with Crippen LogP contribution >= 0.6 is 0 Å². The van der Waals surface area contributed by atoms with E-state index >= 15 is 0 Å². The Labute approximate surface area is 176 Å². The van der Waals surface area contributed by atoms with E-state index in [1.165, 1.54) is 22.4 Å². The minimum atomic E-state index is 0.242. The Morgan fingerprint density at radius 2 is 2.07 bits per heavy atom. The Bertz CT molecular complexity index is 1090. The predicted molar refractivity (Wildman–Crippen MR) is 115 cm³/mol. The monoisotopic (exact) mass is 405 g/mol. The summed E-state index contributed by atoms with van der Waals surface area (Å²) >= 11 is 0. The molecule has 0 fully saturated rings. The lowest BCUT2D eigenvalue weighted by molar-refractivity contribution is 0.171. The molecule has 1 atom stereocenters. The summed E-state index contributed by atoms with van der Waals surface area (Å²) in [4.78, 5) is 0. The smallest absolute Gasteiger partial charge is 0.231 e. The van der Waals surface area contributed by atoms with Gasteiger partial charge in [0.2, 0.25) is 12.5 Å². The van der Waals surface area contributed by atoms with Gasteiger partial charge in [-0.3, -0.25) is 0 Å². The van der Waals surface area contributed by atoms with E-state index in [0.29, 0.717) is 11.5 Å². The van der Waals surface area contributed by atoms with Crippen LogP contribution in [0.2, 0.25) is 0 Å². The minimum absolute atomic E-state index is 0.242. The molecule has 0 unspecified atom stereocenters. The zero-order chi connectivity index (χ0) is 20.7. The predicted octanol–water partition coefficient (Wildman–Crippen LogP) is 4.39. The van der Waals surface area contributed by atoms with E-state index in [0.717, 1.165) is 42.8 Å². The first-order valence-electron chi connectivity index (χ1n) is 10.5. The second-order valence-electron chi connectivity index (χ2n) is 8.08. The molecule has 0 radical (unpaired) electrons. The lowest BCUT2D eigenvalue weighted by Crippen LogP contribution is -2.25. The Balaban J connectivity index is 1.37. The van der Waals surface area contributed by atoms with Crippen molar-refractivity contribution in [3.05, 3.63) is 64.5 Å². The van der Waals surface area contributed by atoms with E-state index in [1.807, 2.05) is 18.3 Å². The maximum absolute atomic E-state index is 5.56. The van der Waals surface area contributed by atoms with E-state index in [4.69, 9.17) is 19.3 Å². The molecule has 6 heteroatoms. The van der Waals surface area contributed by atoms with Crippen LogP contribution in [0.15, 0.2) is 36.5 Å². The quantitative estimate of drug-likeness (QED) is 0.682. The van der Waals surface area contributed by atoms with Gasteiger partial charge in [0.25, 0.3) is 0 Å². The molecule has 1 N–H and O–H groups in total. The molecule has 1 aromatic heterocycles. The van der Waals surface area contributed by atoms with Crippen molar-refractivity contribution < 1.29 is 14.2 Å². The molecule has 0 saturated carbocycles. The number of benzene rings is 2. The Kier molecular flexibility index (Phi) is 4.87. The fourth-order valence-corrected chi connectivity index (χ4v) is 4.38.